The van der Waals surface area contributed by atoms with Crippen LogP contribution in [0.3, 0.4) is 0 Å². The van der Waals surface area contributed by atoms with Gasteiger partial charge in [0.05, 0.1) is 0 Å². The molecule has 2 nitrogen and oxygen atoms in total. The first kappa shape index (κ1) is 16.3. The lowest BCUT2D eigenvalue weighted by atomic mass is 9.95. The molecule has 2 atom stereocenters. The average molecular weight is 273 g/mol. The Morgan fingerprint density at radius 2 is 2.00 bits per heavy atom. The van der Waals surface area contributed by atoms with E-state index in [1.54, 1.807) is 0 Å². The van der Waals surface area contributed by atoms with E-state index in [2.05, 4.69) is 56.6 Å². The van der Waals surface area contributed by atoms with Crippen molar-refractivity contribution < 1.29 is 0 Å². The molecule has 1 N–H and O–H groups in total. The Hall–Kier alpha value is 0.270. The maximum Gasteiger partial charge on any atom is 0.0244 e. The van der Waals surface area contributed by atoms with Gasteiger partial charge < -0.3 is 5.32 Å². The molecule has 1 saturated heterocycles. The fourth-order valence-electron chi connectivity index (χ4n) is 2.87. The second-order valence-corrected chi connectivity index (χ2v) is 7.63. The summed E-state index contributed by atoms with van der Waals surface area (Å²) in [5.41, 5.74) is 0. The molecule has 1 aliphatic rings. The zero-order chi connectivity index (χ0) is 13.5. The highest BCUT2D eigenvalue weighted by Crippen LogP contribution is 2.18. The highest BCUT2D eigenvalue weighted by molar-refractivity contribution is 7.99. The van der Waals surface area contributed by atoms with Crippen LogP contribution in [0.15, 0.2) is 0 Å². The second kappa shape index (κ2) is 8.44. The highest BCUT2D eigenvalue weighted by Gasteiger charge is 2.29. The maximum atomic E-state index is 3.75. The highest BCUT2D eigenvalue weighted by atomic mass is 32.2. The molecule has 0 radical (unpaired) electrons. The van der Waals surface area contributed by atoms with E-state index in [4.69, 9.17) is 0 Å². The van der Waals surface area contributed by atoms with Gasteiger partial charge in [0.1, 0.15) is 0 Å². The molecule has 2 unspecified atom stereocenters. The van der Waals surface area contributed by atoms with Crippen LogP contribution in [0, 0.1) is 11.8 Å². The molecule has 1 aliphatic heterocycles. The van der Waals surface area contributed by atoms with Crippen LogP contribution in [0.5, 0.6) is 0 Å². The standard InChI is InChI=1S/C15H32N2S/c1-6-18-8-7-17-11-14(9-12(2)3)16-10-15(17)13(4)5/h12-16H,6-11H2,1-5H3. The molecule has 1 rings (SSSR count). The van der Waals surface area contributed by atoms with Crippen LogP contribution in [0.4, 0.5) is 0 Å². The van der Waals surface area contributed by atoms with Gasteiger partial charge in [-0.05, 0) is 24.0 Å². The predicted octanol–water partition coefficient (Wildman–Crippen LogP) is 3.08. The van der Waals surface area contributed by atoms with Gasteiger partial charge in [-0.25, -0.2) is 0 Å². The first-order valence-corrected chi connectivity index (χ1v) is 8.75. The lowest BCUT2D eigenvalue weighted by molar-refractivity contribution is 0.0991. The number of nitrogens with zero attached hydrogens (tertiary/aromatic N) is 1. The monoisotopic (exact) mass is 272 g/mol. The summed E-state index contributed by atoms with van der Waals surface area (Å²) < 4.78 is 0. The van der Waals surface area contributed by atoms with Gasteiger partial charge in [-0.1, -0.05) is 34.6 Å². The van der Waals surface area contributed by atoms with Crippen LogP contribution in [-0.4, -0.2) is 48.1 Å². The minimum Gasteiger partial charge on any atom is -0.311 e. The van der Waals surface area contributed by atoms with Crippen molar-refractivity contribution in [3.63, 3.8) is 0 Å². The van der Waals surface area contributed by atoms with Gasteiger partial charge >= 0.3 is 0 Å². The molecular formula is C15H32N2S. The SMILES string of the molecule is CCSCCN1CC(CC(C)C)NCC1C(C)C. The van der Waals surface area contributed by atoms with Crippen molar-refractivity contribution in [2.24, 2.45) is 11.8 Å². The Kier molecular flexibility index (Phi) is 7.66. The largest absolute Gasteiger partial charge is 0.311 e. The molecule has 0 saturated carbocycles. The number of hydrogen-bond donors (Lipinski definition) is 1. The van der Waals surface area contributed by atoms with E-state index < -0.39 is 0 Å². The first-order chi connectivity index (χ1) is 8.54. The van der Waals surface area contributed by atoms with Crippen LogP contribution < -0.4 is 5.32 Å². The Morgan fingerprint density at radius 3 is 2.56 bits per heavy atom. The van der Waals surface area contributed by atoms with Gasteiger partial charge in [0.15, 0.2) is 0 Å². The summed E-state index contributed by atoms with van der Waals surface area (Å²) in [5, 5.41) is 3.75. The fraction of sp³-hybridized carbons (Fsp3) is 1.00. The van der Waals surface area contributed by atoms with Crippen LogP contribution in [0.2, 0.25) is 0 Å². The third-order valence-electron chi connectivity index (χ3n) is 3.79. The van der Waals surface area contributed by atoms with E-state index in [0.29, 0.717) is 6.04 Å². The second-order valence-electron chi connectivity index (χ2n) is 6.24. The molecule has 0 aromatic rings. The van der Waals surface area contributed by atoms with Crippen molar-refractivity contribution in [1.82, 2.24) is 10.2 Å². The summed E-state index contributed by atoms with van der Waals surface area (Å²) in [7, 11) is 0. The van der Waals surface area contributed by atoms with Gasteiger partial charge in [0.2, 0.25) is 0 Å². The van der Waals surface area contributed by atoms with Gasteiger partial charge in [-0.15, -0.1) is 0 Å². The van der Waals surface area contributed by atoms with Crippen LogP contribution in [0.25, 0.3) is 0 Å². The number of hydrogen-bond acceptors (Lipinski definition) is 3. The quantitative estimate of drug-likeness (QED) is 0.717. The Labute approximate surface area is 118 Å². The Morgan fingerprint density at radius 1 is 1.28 bits per heavy atom. The summed E-state index contributed by atoms with van der Waals surface area (Å²) in [6, 6.07) is 1.43. The van der Waals surface area contributed by atoms with Crippen molar-refractivity contribution in [2.45, 2.75) is 53.1 Å². The van der Waals surface area contributed by atoms with Crippen molar-refractivity contribution in [1.29, 1.82) is 0 Å². The van der Waals surface area contributed by atoms with E-state index in [9.17, 15) is 0 Å². The first-order valence-electron chi connectivity index (χ1n) is 7.59. The zero-order valence-corrected chi connectivity index (χ0v) is 13.7. The van der Waals surface area contributed by atoms with Crippen LogP contribution in [-0.2, 0) is 0 Å². The fourth-order valence-corrected chi connectivity index (χ4v) is 3.52. The normalized spacial score (nSPS) is 26.2. The topological polar surface area (TPSA) is 15.3 Å². The van der Waals surface area contributed by atoms with Crippen molar-refractivity contribution in [3.8, 4) is 0 Å². The van der Waals surface area contributed by atoms with E-state index in [1.165, 1.54) is 37.6 Å². The number of thioether (sulfide) groups is 1. The van der Waals surface area contributed by atoms with E-state index in [1.807, 2.05) is 0 Å². The maximum absolute atomic E-state index is 3.75. The van der Waals surface area contributed by atoms with Gasteiger partial charge in [-0.2, -0.15) is 11.8 Å². The zero-order valence-electron chi connectivity index (χ0n) is 12.9. The minimum absolute atomic E-state index is 0.701. The summed E-state index contributed by atoms with van der Waals surface area (Å²) in [6.07, 6.45) is 1.31. The van der Waals surface area contributed by atoms with Gasteiger partial charge in [0, 0.05) is 37.5 Å². The molecule has 3 heteroatoms. The summed E-state index contributed by atoms with van der Waals surface area (Å²) in [6.45, 7) is 15.3. The number of rotatable bonds is 7. The molecule has 0 amide bonds. The molecule has 1 heterocycles. The van der Waals surface area contributed by atoms with Gasteiger partial charge in [-0.3, -0.25) is 4.90 Å². The number of nitrogens with one attached hydrogen (secondary N) is 1. The lowest BCUT2D eigenvalue weighted by Gasteiger charge is -2.43. The van der Waals surface area contributed by atoms with Crippen molar-refractivity contribution in [2.75, 3.05) is 31.1 Å². The summed E-state index contributed by atoms with van der Waals surface area (Å²) in [5.74, 6) is 4.08. The molecule has 0 aromatic heterocycles. The molecule has 1 fully saturated rings. The molecule has 108 valence electrons. The van der Waals surface area contributed by atoms with Crippen molar-refractivity contribution in [3.05, 3.63) is 0 Å². The van der Waals surface area contributed by atoms with Crippen LogP contribution in [0.1, 0.15) is 41.0 Å². The van der Waals surface area contributed by atoms with E-state index in [0.717, 1.165) is 17.9 Å². The van der Waals surface area contributed by atoms with Gasteiger partial charge in [0.25, 0.3) is 0 Å². The summed E-state index contributed by atoms with van der Waals surface area (Å²) in [4.78, 5) is 2.73. The smallest absolute Gasteiger partial charge is 0.0244 e. The number of piperazine rings is 1. The lowest BCUT2D eigenvalue weighted by Crippen LogP contribution is -2.58. The Bertz CT molecular complexity index is 219. The third-order valence-corrected chi connectivity index (χ3v) is 4.67. The molecular weight excluding hydrogens is 240 g/mol. The van der Waals surface area contributed by atoms with Crippen LogP contribution >= 0.6 is 11.8 Å². The Balaban J connectivity index is 2.47. The van der Waals surface area contributed by atoms with E-state index in [-0.39, 0.29) is 0 Å². The van der Waals surface area contributed by atoms with Crippen molar-refractivity contribution >= 4 is 11.8 Å². The summed E-state index contributed by atoms with van der Waals surface area (Å²) >= 11 is 2.07. The van der Waals surface area contributed by atoms with E-state index >= 15 is 0 Å². The molecule has 0 spiro atoms. The minimum atomic E-state index is 0.701. The third kappa shape index (κ3) is 5.50. The molecule has 0 bridgehead atoms. The molecule has 18 heavy (non-hydrogen) atoms. The molecule has 0 aliphatic carbocycles. The molecule has 0 aromatic carbocycles. The predicted molar refractivity (Wildman–Crippen MR) is 84.4 cm³/mol. The average Bonchev–Trinajstić information content (AvgIpc) is 2.28.